The van der Waals surface area contributed by atoms with Crippen LogP contribution in [-0.2, 0) is 6.54 Å². The first-order valence-electron chi connectivity index (χ1n) is 5.48. The van der Waals surface area contributed by atoms with Gasteiger partial charge in [0.05, 0.1) is 6.10 Å². The number of aryl methyl sites for hydroxylation is 2. The van der Waals surface area contributed by atoms with Crippen molar-refractivity contribution in [3.63, 3.8) is 0 Å². The summed E-state index contributed by atoms with van der Waals surface area (Å²) in [5, 5.41) is 9.36. The standard InChI is InChI=1S/C12H19NO2/c1-3-11(14)5-4-7-13-8-6-10(2)9-12(13)15/h6,8-9,11,14H,3-5,7H2,1-2H3. The second kappa shape index (κ2) is 5.71. The molecule has 0 saturated carbocycles. The monoisotopic (exact) mass is 209 g/mol. The van der Waals surface area contributed by atoms with Crippen LogP contribution in [0.5, 0.6) is 0 Å². The minimum absolute atomic E-state index is 0.0426. The van der Waals surface area contributed by atoms with E-state index in [1.54, 1.807) is 10.6 Å². The molecule has 0 amide bonds. The Labute approximate surface area is 90.4 Å². The van der Waals surface area contributed by atoms with E-state index in [1.807, 2.05) is 26.1 Å². The predicted molar refractivity (Wildman–Crippen MR) is 61.0 cm³/mol. The van der Waals surface area contributed by atoms with E-state index >= 15 is 0 Å². The van der Waals surface area contributed by atoms with E-state index in [2.05, 4.69) is 0 Å². The Morgan fingerprint density at radius 3 is 2.87 bits per heavy atom. The lowest BCUT2D eigenvalue weighted by atomic mass is 10.1. The molecule has 1 unspecified atom stereocenters. The van der Waals surface area contributed by atoms with Gasteiger partial charge in [-0.15, -0.1) is 0 Å². The topological polar surface area (TPSA) is 42.2 Å². The second-order valence-corrected chi connectivity index (χ2v) is 3.94. The molecule has 1 atom stereocenters. The third-order valence-corrected chi connectivity index (χ3v) is 2.56. The van der Waals surface area contributed by atoms with Crippen LogP contribution >= 0.6 is 0 Å². The van der Waals surface area contributed by atoms with Crippen LogP contribution in [-0.4, -0.2) is 15.8 Å². The van der Waals surface area contributed by atoms with Crippen LogP contribution in [0.1, 0.15) is 31.7 Å². The van der Waals surface area contributed by atoms with E-state index in [9.17, 15) is 9.90 Å². The number of hydrogen-bond donors (Lipinski definition) is 1. The molecule has 3 heteroatoms. The first-order valence-corrected chi connectivity index (χ1v) is 5.48. The van der Waals surface area contributed by atoms with Gasteiger partial charge in [0.1, 0.15) is 0 Å². The maximum Gasteiger partial charge on any atom is 0.250 e. The number of aliphatic hydroxyl groups is 1. The highest BCUT2D eigenvalue weighted by molar-refractivity contribution is 5.07. The minimum atomic E-state index is -0.230. The van der Waals surface area contributed by atoms with Gasteiger partial charge >= 0.3 is 0 Å². The summed E-state index contributed by atoms with van der Waals surface area (Å²) >= 11 is 0. The van der Waals surface area contributed by atoms with Crippen molar-refractivity contribution in [3.05, 3.63) is 34.2 Å². The Bertz CT molecular complexity index is 357. The average Bonchev–Trinajstić information content (AvgIpc) is 2.21. The Morgan fingerprint density at radius 2 is 2.27 bits per heavy atom. The summed E-state index contributed by atoms with van der Waals surface area (Å²) in [6, 6.07) is 3.56. The number of aliphatic hydroxyl groups excluding tert-OH is 1. The molecule has 0 radical (unpaired) electrons. The van der Waals surface area contributed by atoms with Gasteiger partial charge in [0.15, 0.2) is 0 Å². The zero-order valence-electron chi connectivity index (χ0n) is 9.44. The fourth-order valence-electron chi connectivity index (χ4n) is 1.49. The molecule has 3 nitrogen and oxygen atoms in total. The normalized spacial score (nSPS) is 12.7. The molecule has 0 fully saturated rings. The minimum Gasteiger partial charge on any atom is -0.393 e. The van der Waals surface area contributed by atoms with Crippen molar-refractivity contribution in [1.82, 2.24) is 4.57 Å². The lowest BCUT2D eigenvalue weighted by molar-refractivity contribution is 0.155. The highest BCUT2D eigenvalue weighted by Gasteiger charge is 2.01. The van der Waals surface area contributed by atoms with Crippen LogP contribution in [0.15, 0.2) is 23.1 Å². The maximum absolute atomic E-state index is 11.5. The Kier molecular flexibility index (Phi) is 4.56. The number of aromatic nitrogens is 1. The molecular formula is C12H19NO2. The predicted octanol–water partition coefficient (Wildman–Crippen LogP) is 1.71. The molecule has 0 aliphatic heterocycles. The lowest BCUT2D eigenvalue weighted by Gasteiger charge is -2.08. The van der Waals surface area contributed by atoms with Crippen molar-refractivity contribution in [1.29, 1.82) is 0 Å². The smallest absolute Gasteiger partial charge is 0.250 e. The van der Waals surface area contributed by atoms with Crippen LogP contribution in [0.3, 0.4) is 0 Å². The van der Waals surface area contributed by atoms with E-state index in [1.165, 1.54) is 0 Å². The van der Waals surface area contributed by atoms with Crippen LogP contribution in [0.25, 0.3) is 0 Å². The van der Waals surface area contributed by atoms with Gasteiger partial charge in [0, 0.05) is 18.8 Å². The summed E-state index contributed by atoms with van der Waals surface area (Å²) in [6.07, 6.45) is 3.97. The Morgan fingerprint density at radius 1 is 1.53 bits per heavy atom. The molecule has 1 N–H and O–H groups in total. The van der Waals surface area contributed by atoms with Gasteiger partial charge in [-0.25, -0.2) is 0 Å². The van der Waals surface area contributed by atoms with Crippen molar-refractivity contribution < 1.29 is 5.11 Å². The number of nitrogens with zero attached hydrogens (tertiary/aromatic N) is 1. The number of pyridine rings is 1. The Balaban J connectivity index is 2.48. The van der Waals surface area contributed by atoms with E-state index in [-0.39, 0.29) is 11.7 Å². The molecule has 0 aromatic carbocycles. The van der Waals surface area contributed by atoms with Crippen molar-refractivity contribution in [2.45, 2.75) is 45.8 Å². The highest BCUT2D eigenvalue weighted by atomic mass is 16.3. The average molecular weight is 209 g/mol. The summed E-state index contributed by atoms with van der Waals surface area (Å²) in [7, 11) is 0. The molecule has 0 aliphatic rings. The molecule has 1 heterocycles. The van der Waals surface area contributed by atoms with Gasteiger partial charge in [-0.05, 0) is 37.8 Å². The molecule has 0 bridgehead atoms. The third kappa shape index (κ3) is 3.88. The molecule has 84 valence electrons. The molecule has 1 rings (SSSR count). The largest absolute Gasteiger partial charge is 0.393 e. The van der Waals surface area contributed by atoms with Gasteiger partial charge in [-0.2, -0.15) is 0 Å². The lowest BCUT2D eigenvalue weighted by Crippen LogP contribution is -2.19. The van der Waals surface area contributed by atoms with E-state index in [4.69, 9.17) is 0 Å². The third-order valence-electron chi connectivity index (χ3n) is 2.56. The summed E-state index contributed by atoms with van der Waals surface area (Å²) in [6.45, 7) is 4.56. The van der Waals surface area contributed by atoms with Crippen LogP contribution in [0, 0.1) is 6.92 Å². The van der Waals surface area contributed by atoms with E-state index < -0.39 is 0 Å². The van der Waals surface area contributed by atoms with Crippen molar-refractivity contribution in [2.75, 3.05) is 0 Å². The van der Waals surface area contributed by atoms with E-state index in [0.29, 0.717) is 6.54 Å². The van der Waals surface area contributed by atoms with Crippen molar-refractivity contribution in [3.8, 4) is 0 Å². The summed E-state index contributed by atoms with van der Waals surface area (Å²) in [4.78, 5) is 11.5. The van der Waals surface area contributed by atoms with Crippen molar-refractivity contribution >= 4 is 0 Å². The first kappa shape index (κ1) is 12.0. The first-order chi connectivity index (χ1) is 7.13. The van der Waals surface area contributed by atoms with Gasteiger partial charge in [-0.1, -0.05) is 6.92 Å². The molecule has 1 aromatic rings. The van der Waals surface area contributed by atoms with Crippen LogP contribution in [0.4, 0.5) is 0 Å². The molecular weight excluding hydrogens is 190 g/mol. The number of rotatable bonds is 5. The highest BCUT2D eigenvalue weighted by Crippen LogP contribution is 2.02. The van der Waals surface area contributed by atoms with Gasteiger partial charge in [0.25, 0.3) is 5.56 Å². The van der Waals surface area contributed by atoms with Gasteiger partial charge < -0.3 is 9.67 Å². The number of hydrogen-bond acceptors (Lipinski definition) is 2. The summed E-state index contributed by atoms with van der Waals surface area (Å²) < 4.78 is 1.69. The fourth-order valence-corrected chi connectivity index (χ4v) is 1.49. The maximum atomic E-state index is 11.5. The van der Waals surface area contributed by atoms with E-state index in [0.717, 1.165) is 24.8 Å². The zero-order chi connectivity index (χ0) is 11.3. The Hall–Kier alpha value is -1.09. The molecule has 0 spiro atoms. The fraction of sp³-hybridized carbons (Fsp3) is 0.583. The molecule has 0 aliphatic carbocycles. The van der Waals surface area contributed by atoms with Crippen molar-refractivity contribution in [2.24, 2.45) is 0 Å². The summed E-state index contributed by atoms with van der Waals surface area (Å²) in [5.41, 5.74) is 1.03. The van der Waals surface area contributed by atoms with Crippen LogP contribution < -0.4 is 5.56 Å². The zero-order valence-corrected chi connectivity index (χ0v) is 9.44. The van der Waals surface area contributed by atoms with Crippen LogP contribution in [0.2, 0.25) is 0 Å². The summed E-state index contributed by atoms with van der Waals surface area (Å²) in [5.74, 6) is 0. The van der Waals surface area contributed by atoms with Gasteiger partial charge in [-0.3, -0.25) is 4.79 Å². The van der Waals surface area contributed by atoms with Gasteiger partial charge in [0.2, 0.25) is 0 Å². The second-order valence-electron chi connectivity index (χ2n) is 3.94. The molecule has 1 aromatic heterocycles. The molecule has 0 saturated heterocycles. The molecule has 15 heavy (non-hydrogen) atoms. The SMILES string of the molecule is CCC(O)CCCn1ccc(C)cc1=O. The quantitative estimate of drug-likeness (QED) is 0.802.